The van der Waals surface area contributed by atoms with Crippen LogP contribution in [0, 0.1) is 5.82 Å². The fraction of sp³-hybridized carbons (Fsp3) is 0.133. The van der Waals surface area contributed by atoms with Crippen molar-refractivity contribution in [1.82, 2.24) is 9.38 Å². The highest BCUT2D eigenvalue weighted by Crippen LogP contribution is 2.24. The van der Waals surface area contributed by atoms with Gasteiger partial charge < -0.3 is 9.51 Å². The Labute approximate surface area is 111 Å². The van der Waals surface area contributed by atoms with Gasteiger partial charge in [0.05, 0.1) is 12.5 Å². The summed E-state index contributed by atoms with van der Waals surface area (Å²) in [5.74, 6) is -0.119. The van der Waals surface area contributed by atoms with Crippen molar-refractivity contribution in [2.45, 2.75) is 13.8 Å². The molecule has 1 aromatic carbocycles. The van der Waals surface area contributed by atoms with Gasteiger partial charge >= 0.3 is 0 Å². The van der Waals surface area contributed by atoms with E-state index in [2.05, 4.69) is 4.98 Å². The van der Waals surface area contributed by atoms with Crippen LogP contribution in [-0.4, -0.2) is 14.5 Å². The Kier molecular flexibility index (Phi) is 3.80. The number of rotatable bonds is 1. The maximum atomic E-state index is 13.7. The molecule has 1 N–H and O–H groups in total. The van der Waals surface area contributed by atoms with E-state index < -0.39 is 0 Å². The first-order chi connectivity index (χ1) is 9.24. The molecule has 0 bridgehead atoms. The SMILES string of the molecule is CC.Oc1ccc(-c2cc(F)c3cncn3c2)cc1. The predicted molar refractivity (Wildman–Crippen MR) is 73.6 cm³/mol. The van der Waals surface area contributed by atoms with E-state index in [-0.39, 0.29) is 11.6 Å². The van der Waals surface area contributed by atoms with Crippen LogP contribution in [0.1, 0.15) is 13.8 Å². The van der Waals surface area contributed by atoms with Crippen LogP contribution in [0.2, 0.25) is 0 Å². The molecule has 2 heterocycles. The van der Waals surface area contributed by atoms with Crippen molar-refractivity contribution >= 4 is 5.52 Å². The van der Waals surface area contributed by atoms with Crippen molar-refractivity contribution in [3.05, 3.63) is 54.9 Å². The highest BCUT2D eigenvalue weighted by atomic mass is 19.1. The molecule has 0 aliphatic carbocycles. The second-order valence-corrected chi connectivity index (χ2v) is 3.81. The van der Waals surface area contributed by atoms with Gasteiger partial charge in [0.1, 0.15) is 17.1 Å². The van der Waals surface area contributed by atoms with E-state index in [1.165, 1.54) is 12.3 Å². The Balaban J connectivity index is 0.000000637. The number of phenols is 1. The molecule has 2 aromatic heterocycles. The molecule has 0 spiro atoms. The van der Waals surface area contributed by atoms with E-state index in [1.54, 1.807) is 41.2 Å². The summed E-state index contributed by atoms with van der Waals surface area (Å²) in [5, 5.41) is 9.21. The Morgan fingerprint density at radius 3 is 2.47 bits per heavy atom. The van der Waals surface area contributed by atoms with Crippen molar-refractivity contribution in [3.8, 4) is 16.9 Å². The highest BCUT2D eigenvalue weighted by Gasteiger charge is 2.05. The third-order valence-corrected chi connectivity index (χ3v) is 2.67. The standard InChI is InChI=1S/C13H9FN2O.C2H6/c14-12-5-10(7-16-8-15-6-13(12)16)9-1-3-11(17)4-2-9;1-2/h1-8,17H;1-2H3. The molecule has 0 amide bonds. The van der Waals surface area contributed by atoms with Crippen LogP contribution in [-0.2, 0) is 0 Å². The molecule has 4 heteroatoms. The number of halogens is 1. The summed E-state index contributed by atoms with van der Waals surface area (Å²) in [4.78, 5) is 3.89. The molecule has 98 valence electrons. The number of hydrogen-bond donors (Lipinski definition) is 1. The van der Waals surface area contributed by atoms with Crippen molar-refractivity contribution in [1.29, 1.82) is 0 Å². The van der Waals surface area contributed by atoms with Crippen LogP contribution in [0.25, 0.3) is 16.6 Å². The average Bonchev–Trinajstić information content (AvgIpc) is 2.91. The van der Waals surface area contributed by atoms with Gasteiger partial charge in [-0.05, 0) is 23.8 Å². The summed E-state index contributed by atoms with van der Waals surface area (Å²) in [6.45, 7) is 4.00. The predicted octanol–water partition coefficient (Wildman–Crippen LogP) is 3.87. The molecular weight excluding hydrogens is 243 g/mol. The van der Waals surface area contributed by atoms with Gasteiger partial charge in [0.25, 0.3) is 0 Å². The lowest BCUT2D eigenvalue weighted by Crippen LogP contribution is -1.89. The van der Waals surface area contributed by atoms with Crippen LogP contribution < -0.4 is 0 Å². The summed E-state index contributed by atoms with van der Waals surface area (Å²) in [6, 6.07) is 8.10. The van der Waals surface area contributed by atoms with Crippen molar-refractivity contribution in [2.75, 3.05) is 0 Å². The van der Waals surface area contributed by atoms with Crippen molar-refractivity contribution < 1.29 is 9.50 Å². The third-order valence-electron chi connectivity index (χ3n) is 2.67. The van der Waals surface area contributed by atoms with Gasteiger partial charge in [-0.1, -0.05) is 26.0 Å². The number of fused-ring (bicyclic) bond motifs is 1. The van der Waals surface area contributed by atoms with Gasteiger partial charge in [0.2, 0.25) is 0 Å². The van der Waals surface area contributed by atoms with E-state index in [1.807, 2.05) is 13.8 Å². The van der Waals surface area contributed by atoms with E-state index in [9.17, 15) is 9.50 Å². The van der Waals surface area contributed by atoms with Crippen LogP contribution >= 0.6 is 0 Å². The zero-order valence-electron chi connectivity index (χ0n) is 10.8. The zero-order valence-corrected chi connectivity index (χ0v) is 10.8. The lowest BCUT2D eigenvalue weighted by Gasteiger charge is -2.04. The van der Waals surface area contributed by atoms with E-state index in [0.29, 0.717) is 5.52 Å². The minimum atomic E-state index is -0.312. The number of imidazole rings is 1. The van der Waals surface area contributed by atoms with Gasteiger partial charge in [-0.25, -0.2) is 9.37 Å². The van der Waals surface area contributed by atoms with E-state index in [4.69, 9.17) is 0 Å². The van der Waals surface area contributed by atoms with Gasteiger partial charge in [-0.3, -0.25) is 0 Å². The number of aromatic hydroxyl groups is 1. The first-order valence-corrected chi connectivity index (χ1v) is 6.15. The van der Waals surface area contributed by atoms with Crippen molar-refractivity contribution in [2.24, 2.45) is 0 Å². The largest absolute Gasteiger partial charge is 0.508 e. The molecule has 0 saturated carbocycles. The molecule has 0 aliphatic rings. The lowest BCUT2D eigenvalue weighted by atomic mass is 10.1. The third kappa shape index (κ3) is 2.57. The van der Waals surface area contributed by atoms with Crippen LogP contribution in [0.4, 0.5) is 4.39 Å². The molecule has 0 unspecified atom stereocenters. The second kappa shape index (κ2) is 5.52. The Bertz CT molecular complexity index is 674. The highest BCUT2D eigenvalue weighted by molar-refractivity contribution is 5.66. The number of aromatic nitrogens is 2. The smallest absolute Gasteiger partial charge is 0.149 e. The molecule has 19 heavy (non-hydrogen) atoms. The van der Waals surface area contributed by atoms with E-state index in [0.717, 1.165) is 11.1 Å². The fourth-order valence-electron chi connectivity index (χ4n) is 1.80. The fourth-order valence-corrected chi connectivity index (χ4v) is 1.80. The summed E-state index contributed by atoms with van der Waals surface area (Å²) in [7, 11) is 0. The van der Waals surface area contributed by atoms with Gasteiger partial charge in [0.15, 0.2) is 0 Å². The minimum absolute atomic E-state index is 0.193. The molecule has 3 nitrogen and oxygen atoms in total. The number of hydrogen-bond acceptors (Lipinski definition) is 2. The molecule has 0 aliphatic heterocycles. The summed E-state index contributed by atoms with van der Waals surface area (Å²) < 4.78 is 15.4. The Morgan fingerprint density at radius 1 is 1.11 bits per heavy atom. The van der Waals surface area contributed by atoms with Gasteiger partial charge in [-0.15, -0.1) is 0 Å². The Hall–Kier alpha value is -2.36. The quantitative estimate of drug-likeness (QED) is 0.719. The van der Waals surface area contributed by atoms with Gasteiger partial charge in [0, 0.05) is 11.8 Å². The normalized spacial score (nSPS) is 10.1. The maximum absolute atomic E-state index is 13.7. The maximum Gasteiger partial charge on any atom is 0.149 e. The molecule has 0 radical (unpaired) electrons. The number of phenolic OH excluding ortho intramolecular Hbond substituents is 1. The average molecular weight is 258 g/mol. The number of pyridine rings is 1. The Morgan fingerprint density at radius 2 is 1.79 bits per heavy atom. The topological polar surface area (TPSA) is 37.5 Å². The van der Waals surface area contributed by atoms with Crippen LogP contribution in [0.5, 0.6) is 5.75 Å². The molecule has 3 aromatic rings. The van der Waals surface area contributed by atoms with E-state index >= 15 is 0 Å². The second-order valence-electron chi connectivity index (χ2n) is 3.81. The molecule has 0 saturated heterocycles. The molecular formula is C15H15FN2O. The monoisotopic (exact) mass is 258 g/mol. The molecule has 0 atom stereocenters. The zero-order chi connectivity index (χ0) is 13.8. The summed E-state index contributed by atoms with van der Waals surface area (Å²) in [5.41, 5.74) is 2.04. The number of benzene rings is 1. The lowest BCUT2D eigenvalue weighted by molar-refractivity contribution is 0.475. The summed E-state index contributed by atoms with van der Waals surface area (Å²) in [6.07, 6.45) is 4.84. The van der Waals surface area contributed by atoms with Crippen molar-refractivity contribution in [3.63, 3.8) is 0 Å². The van der Waals surface area contributed by atoms with Crippen LogP contribution in [0.3, 0.4) is 0 Å². The van der Waals surface area contributed by atoms with Gasteiger partial charge in [-0.2, -0.15) is 0 Å². The molecule has 0 fully saturated rings. The van der Waals surface area contributed by atoms with Crippen LogP contribution in [0.15, 0.2) is 49.1 Å². The minimum Gasteiger partial charge on any atom is -0.508 e. The first-order valence-electron chi connectivity index (χ1n) is 6.15. The number of nitrogens with zero attached hydrogens (tertiary/aromatic N) is 2. The first kappa shape index (κ1) is 13.1. The molecule has 3 rings (SSSR count). The summed E-state index contributed by atoms with van der Waals surface area (Å²) >= 11 is 0.